The largest absolute Gasteiger partial charge is 0.387 e. The summed E-state index contributed by atoms with van der Waals surface area (Å²) < 4.78 is 0. The molecular formula is C27H29N5O. The second-order valence-corrected chi connectivity index (χ2v) is 8.21. The Morgan fingerprint density at radius 1 is 0.879 bits per heavy atom. The summed E-state index contributed by atoms with van der Waals surface area (Å²) in [6.07, 6.45) is 1.08. The Labute approximate surface area is 195 Å². The van der Waals surface area contributed by atoms with Crippen LogP contribution in [0.3, 0.4) is 0 Å². The van der Waals surface area contributed by atoms with Crippen molar-refractivity contribution >= 4 is 17.5 Å². The average Bonchev–Trinajstić information content (AvgIpc) is 2.84. The first-order valence-electron chi connectivity index (χ1n) is 11.0. The third-order valence-corrected chi connectivity index (χ3v) is 5.22. The monoisotopic (exact) mass is 439 g/mol. The lowest BCUT2D eigenvalue weighted by Gasteiger charge is -2.13. The lowest BCUT2D eigenvalue weighted by Crippen LogP contribution is -2.13. The van der Waals surface area contributed by atoms with Gasteiger partial charge >= 0.3 is 0 Å². The third-order valence-electron chi connectivity index (χ3n) is 5.22. The molecule has 1 heterocycles. The first-order valence-corrected chi connectivity index (χ1v) is 11.0. The van der Waals surface area contributed by atoms with Gasteiger partial charge in [0, 0.05) is 25.0 Å². The topological polar surface area (TPSA) is 73.3 Å². The maximum atomic E-state index is 10.4. The minimum atomic E-state index is -0.613. The molecule has 4 rings (SSSR count). The number of aromatic nitrogens is 2. The summed E-state index contributed by atoms with van der Waals surface area (Å²) in [7, 11) is 4.14. The van der Waals surface area contributed by atoms with E-state index >= 15 is 0 Å². The van der Waals surface area contributed by atoms with E-state index in [2.05, 4.69) is 76.0 Å². The molecule has 4 aromatic rings. The predicted molar refractivity (Wildman–Crippen MR) is 134 cm³/mol. The number of hydrogen-bond donors (Lipinski definition) is 3. The summed E-state index contributed by atoms with van der Waals surface area (Å²) >= 11 is 0. The zero-order valence-electron chi connectivity index (χ0n) is 18.9. The van der Waals surface area contributed by atoms with Crippen molar-refractivity contribution in [3.05, 3.63) is 102 Å². The van der Waals surface area contributed by atoms with Gasteiger partial charge in [0.25, 0.3) is 0 Å². The van der Waals surface area contributed by atoms with Crippen molar-refractivity contribution in [1.82, 2.24) is 14.9 Å². The highest BCUT2D eigenvalue weighted by Crippen LogP contribution is 2.25. The molecule has 33 heavy (non-hydrogen) atoms. The van der Waals surface area contributed by atoms with Gasteiger partial charge < -0.3 is 20.6 Å². The first-order chi connectivity index (χ1) is 16.1. The fourth-order valence-corrected chi connectivity index (χ4v) is 3.59. The van der Waals surface area contributed by atoms with Crippen LogP contribution in [0.15, 0.2) is 91.1 Å². The summed E-state index contributed by atoms with van der Waals surface area (Å²) in [6.45, 7) is 1.28. The van der Waals surface area contributed by atoms with Crippen LogP contribution in [0.2, 0.25) is 0 Å². The Bertz CT molecular complexity index is 1160. The molecule has 0 aliphatic carbocycles. The van der Waals surface area contributed by atoms with Gasteiger partial charge in [-0.15, -0.1) is 0 Å². The van der Waals surface area contributed by atoms with Crippen LogP contribution in [-0.4, -0.2) is 40.6 Å². The first kappa shape index (κ1) is 22.5. The van der Waals surface area contributed by atoms with Gasteiger partial charge in [0.2, 0.25) is 5.95 Å². The molecule has 1 atom stereocenters. The average molecular weight is 440 g/mol. The van der Waals surface area contributed by atoms with E-state index in [0.29, 0.717) is 18.3 Å². The van der Waals surface area contributed by atoms with Crippen molar-refractivity contribution in [2.24, 2.45) is 0 Å². The zero-order valence-corrected chi connectivity index (χ0v) is 18.9. The molecule has 0 aliphatic heterocycles. The quantitative estimate of drug-likeness (QED) is 0.337. The zero-order chi connectivity index (χ0) is 23.0. The van der Waals surface area contributed by atoms with E-state index in [1.54, 1.807) is 12.3 Å². The number of aliphatic hydroxyl groups excluding tert-OH is 1. The van der Waals surface area contributed by atoms with Crippen LogP contribution >= 0.6 is 0 Å². The Kier molecular flexibility index (Phi) is 7.29. The molecular weight excluding hydrogens is 410 g/mol. The molecule has 6 heteroatoms. The van der Waals surface area contributed by atoms with Crippen LogP contribution in [0.5, 0.6) is 0 Å². The molecule has 1 aromatic heterocycles. The molecule has 0 bridgehead atoms. The molecule has 1 unspecified atom stereocenters. The summed E-state index contributed by atoms with van der Waals surface area (Å²) in [5.41, 5.74) is 5.34. The van der Waals surface area contributed by atoms with Crippen LogP contribution in [0.25, 0.3) is 11.1 Å². The Hall–Kier alpha value is -3.74. The number of nitrogens with one attached hydrogen (secondary N) is 2. The molecule has 0 saturated carbocycles. The molecule has 3 N–H and O–H groups in total. The number of aliphatic hydroxyl groups is 1. The minimum Gasteiger partial charge on any atom is -0.387 e. The van der Waals surface area contributed by atoms with E-state index in [1.165, 1.54) is 5.56 Å². The van der Waals surface area contributed by atoms with Crippen LogP contribution in [0.4, 0.5) is 17.5 Å². The Morgan fingerprint density at radius 3 is 2.42 bits per heavy atom. The van der Waals surface area contributed by atoms with Crippen molar-refractivity contribution in [3.8, 4) is 11.1 Å². The molecule has 0 radical (unpaired) electrons. The molecule has 0 spiro atoms. The van der Waals surface area contributed by atoms with Crippen LogP contribution in [0.1, 0.15) is 17.2 Å². The fraction of sp³-hybridized carbons (Fsp3) is 0.185. The highest BCUT2D eigenvalue weighted by atomic mass is 16.3. The normalized spacial score (nSPS) is 11.9. The summed E-state index contributed by atoms with van der Waals surface area (Å²) in [5.74, 6) is 1.14. The van der Waals surface area contributed by atoms with E-state index < -0.39 is 6.10 Å². The lowest BCUT2D eigenvalue weighted by molar-refractivity contribution is 0.191. The SMILES string of the molecule is CN(C)Cc1ccc(-c2cccc(Nc3nccc(NCC(O)c4ccccc4)n3)c2)cc1. The highest BCUT2D eigenvalue weighted by molar-refractivity contribution is 5.70. The van der Waals surface area contributed by atoms with Gasteiger partial charge in [0.1, 0.15) is 5.82 Å². The molecule has 168 valence electrons. The summed E-state index contributed by atoms with van der Waals surface area (Å²) in [6, 6.07) is 28.2. The summed E-state index contributed by atoms with van der Waals surface area (Å²) in [4.78, 5) is 11.0. The van der Waals surface area contributed by atoms with Gasteiger partial charge in [-0.05, 0) is 54.5 Å². The maximum absolute atomic E-state index is 10.4. The van der Waals surface area contributed by atoms with Crippen molar-refractivity contribution in [2.75, 3.05) is 31.3 Å². The molecule has 0 aliphatic rings. The second-order valence-electron chi connectivity index (χ2n) is 8.21. The number of nitrogens with zero attached hydrogens (tertiary/aromatic N) is 3. The minimum absolute atomic E-state index is 0.361. The number of hydrogen-bond acceptors (Lipinski definition) is 6. The molecule has 0 amide bonds. The van der Waals surface area contributed by atoms with E-state index in [-0.39, 0.29) is 0 Å². The van der Waals surface area contributed by atoms with E-state index in [4.69, 9.17) is 0 Å². The van der Waals surface area contributed by atoms with Crippen LogP contribution in [0, 0.1) is 0 Å². The molecule has 3 aromatic carbocycles. The van der Waals surface area contributed by atoms with Crippen molar-refractivity contribution < 1.29 is 5.11 Å². The molecule has 0 saturated heterocycles. The van der Waals surface area contributed by atoms with Gasteiger partial charge in [0.05, 0.1) is 6.10 Å². The highest BCUT2D eigenvalue weighted by Gasteiger charge is 2.08. The fourth-order valence-electron chi connectivity index (χ4n) is 3.59. The van der Waals surface area contributed by atoms with E-state index in [9.17, 15) is 5.11 Å². The van der Waals surface area contributed by atoms with E-state index in [1.807, 2.05) is 42.5 Å². The number of rotatable bonds is 9. The lowest BCUT2D eigenvalue weighted by atomic mass is 10.0. The Balaban J connectivity index is 1.41. The molecule has 6 nitrogen and oxygen atoms in total. The predicted octanol–water partition coefficient (Wildman–Crippen LogP) is 5.09. The molecule has 0 fully saturated rings. The Morgan fingerprint density at radius 2 is 1.67 bits per heavy atom. The van der Waals surface area contributed by atoms with Gasteiger partial charge in [-0.25, -0.2) is 4.98 Å². The van der Waals surface area contributed by atoms with Gasteiger partial charge in [-0.1, -0.05) is 66.7 Å². The van der Waals surface area contributed by atoms with Gasteiger partial charge in [-0.2, -0.15) is 4.98 Å². The van der Waals surface area contributed by atoms with Crippen molar-refractivity contribution in [2.45, 2.75) is 12.6 Å². The van der Waals surface area contributed by atoms with Gasteiger partial charge in [-0.3, -0.25) is 0 Å². The standard InChI is InChI=1S/C27H29N5O/c1-32(2)19-20-11-13-21(14-12-20)23-9-6-10-24(17-23)30-27-28-16-15-26(31-27)29-18-25(33)22-7-4-3-5-8-22/h3-17,25,33H,18-19H2,1-2H3,(H2,28,29,30,31). The van der Waals surface area contributed by atoms with Crippen LogP contribution < -0.4 is 10.6 Å². The van der Waals surface area contributed by atoms with Gasteiger partial charge in [0.15, 0.2) is 0 Å². The van der Waals surface area contributed by atoms with E-state index in [0.717, 1.165) is 28.9 Å². The smallest absolute Gasteiger partial charge is 0.229 e. The van der Waals surface area contributed by atoms with Crippen molar-refractivity contribution in [1.29, 1.82) is 0 Å². The van der Waals surface area contributed by atoms with Crippen LogP contribution in [-0.2, 0) is 6.54 Å². The third kappa shape index (κ3) is 6.38. The maximum Gasteiger partial charge on any atom is 0.229 e. The van der Waals surface area contributed by atoms with Crippen molar-refractivity contribution in [3.63, 3.8) is 0 Å². The number of benzene rings is 3. The summed E-state index contributed by atoms with van der Waals surface area (Å²) in [5, 5.41) is 16.8. The second kappa shape index (κ2) is 10.7. The number of anilines is 3.